The average Bonchev–Trinajstić information content (AvgIpc) is 2.91. The summed E-state index contributed by atoms with van der Waals surface area (Å²) in [6.45, 7) is 3.38. The molecule has 0 spiro atoms. The summed E-state index contributed by atoms with van der Waals surface area (Å²) in [5, 5.41) is 8.74. The van der Waals surface area contributed by atoms with Gasteiger partial charge in [0.1, 0.15) is 6.54 Å². The maximum absolute atomic E-state index is 10.6. The molecule has 0 amide bonds. The van der Waals surface area contributed by atoms with Gasteiger partial charge in [0.2, 0.25) is 5.95 Å². The molecule has 0 aromatic carbocycles. The SMILES string of the molecule is CN(Cc1cnc(N(C)CC(=O)O)nc1)C[C@H]1CCOC1. The molecule has 2 rings (SSSR count). The highest BCUT2D eigenvalue weighted by Gasteiger charge is 2.17. The van der Waals surface area contributed by atoms with E-state index in [0.29, 0.717) is 11.9 Å². The first kappa shape index (κ1) is 15.7. The summed E-state index contributed by atoms with van der Waals surface area (Å²) in [6, 6.07) is 0. The first-order valence-electron chi connectivity index (χ1n) is 7.04. The van der Waals surface area contributed by atoms with Crippen molar-refractivity contribution in [2.24, 2.45) is 5.92 Å². The summed E-state index contributed by atoms with van der Waals surface area (Å²) < 4.78 is 5.38. The number of hydrogen-bond acceptors (Lipinski definition) is 6. The Morgan fingerprint density at radius 3 is 2.71 bits per heavy atom. The van der Waals surface area contributed by atoms with Gasteiger partial charge >= 0.3 is 5.97 Å². The zero-order valence-corrected chi connectivity index (χ0v) is 12.5. The number of likely N-dealkylation sites (N-methyl/N-ethyl adjacent to an activating group) is 1. The van der Waals surface area contributed by atoms with Gasteiger partial charge in [-0.2, -0.15) is 0 Å². The highest BCUT2D eigenvalue weighted by molar-refractivity contribution is 5.72. The Bertz CT molecular complexity index is 460. The molecule has 0 unspecified atom stereocenters. The van der Waals surface area contributed by atoms with Crippen molar-refractivity contribution in [3.05, 3.63) is 18.0 Å². The maximum atomic E-state index is 10.6. The number of carboxylic acids is 1. The number of rotatable bonds is 7. The summed E-state index contributed by atoms with van der Waals surface area (Å²) >= 11 is 0. The van der Waals surface area contributed by atoms with Crippen molar-refractivity contribution in [3.8, 4) is 0 Å². The Hall–Kier alpha value is -1.73. The average molecular weight is 294 g/mol. The van der Waals surface area contributed by atoms with Gasteiger partial charge in [0.05, 0.1) is 6.61 Å². The van der Waals surface area contributed by atoms with Crippen molar-refractivity contribution in [3.63, 3.8) is 0 Å². The number of hydrogen-bond donors (Lipinski definition) is 1. The second kappa shape index (κ2) is 7.33. The molecule has 1 aromatic rings. The van der Waals surface area contributed by atoms with Crippen LogP contribution >= 0.6 is 0 Å². The third-order valence-electron chi connectivity index (χ3n) is 3.45. The molecule has 7 nitrogen and oxygen atoms in total. The van der Waals surface area contributed by atoms with Gasteiger partial charge < -0.3 is 19.6 Å². The number of carbonyl (C=O) groups is 1. The van der Waals surface area contributed by atoms with Gasteiger partial charge in [-0.1, -0.05) is 0 Å². The third-order valence-corrected chi connectivity index (χ3v) is 3.45. The number of anilines is 1. The number of nitrogens with zero attached hydrogens (tertiary/aromatic N) is 4. The van der Waals surface area contributed by atoms with Crippen molar-refractivity contribution in [2.45, 2.75) is 13.0 Å². The summed E-state index contributed by atoms with van der Waals surface area (Å²) in [4.78, 5) is 22.8. The van der Waals surface area contributed by atoms with Gasteiger partial charge in [0.25, 0.3) is 0 Å². The minimum Gasteiger partial charge on any atom is -0.480 e. The van der Waals surface area contributed by atoms with Crippen LogP contribution in [0.3, 0.4) is 0 Å². The Morgan fingerprint density at radius 2 is 2.14 bits per heavy atom. The fourth-order valence-electron chi connectivity index (χ4n) is 2.44. The van der Waals surface area contributed by atoms with E-state index in [-0.39, 0.29) is 6.54 Å². The largest absolute Gasteiger partial charge is 0.480 e. The smallest absolute Gasteiger partial charge is 0.323 e. The van der Waals surface area contributed by atoms with Gasteiger partial charge in [0, 0.05) is 44.7 Å². The van der Waals surface area contributed by atoms with E-state index in [0.717, 1.165) is 38.3 Å². The van der Waals surface area contributed by atoms with E-state index in [1.54, 1.807) is 19.4 Å². The lowest BCUT2D eigenvalue weighted by molar-refractivity contribution is -0.135. The molecule has 0 saturated carbocycles. The van der Waals surface area contributed by atoms with Gasteiger partial charge in [-0.25, -0.2) is 9.97 Å². The van der Waals surface area contributed by atoms with Crippen LogP contribution in [0, 0.1) is 5.92 Å². The van der Waals surface area contributed by atoms with Gasteiger partial charge in [-0.3, -0.25) is 4.79 Å². The van der Waals surface area contributed by atoms with Crippen molar-refractivity contribution in [2.75, 3.05) is 45.3 Å². The third kappa shape index (κ3) is 4.95. The molecule has 0 radical (unpaired) electrons. The molecule has 2 heterocycles. The van der Waals surface area contributed by atoms with Crippen LogP contribution in [0.4, 0.5) is 5.95 Å². The lowest BCUT2D eigenvalue weighted by Gasteiger charge is -2.20. The molecule has 1 aliphatic heterocycles. The Balaban J connectivity index is 1.85. The lowest BCUT2D eigenvalue weighted by atomic mass is 10.1. The van der Waals surface area contributed by atoms with E-state index >= 15 is 0 Å². The fourth-order valence-corrected chi connectivity index (χ4v) is 2.44. The Kier molecular flexibility index (Phi) is 5.46. The van der Waals surface area contributed by atoms with E-state index in [1.807, 2.05) is 0 Å². The van der Waals surface area contributed by atoms with Crippen LogP contribution in [0.1, 0.15) is 12.0 Å². The van der Waals surface area contributed by atoms with Crippen molar-refractivity contribution < 1.29 is 14.6 Å². The van der Waals surface area contributed by atoms with Crippen LogP contribution in [0.5, 0.6) is 0 Å². The maximum Gasteiger partial charge on any atom is 0.323 e. The monoisotopic (exact) mass is 294 g/mol. The minimum atomic E-state index is -0.899. The zero-order valence-electron chi connectivity index (χ0n) is 12.5. The van der Waals surface area contributed by atoms with Crippen molar-refractivity contribution in [1.29, 1.82) is 0 Å². The van der Waals surface area contributed by atoms with E-state index in [1.165, 1.54) is 4.90 Å². The summed E-state index contributed by atoms with van der Waals surface area (Å²) in [5.41, 5.74) is 1.02. The molecule has 0 bridgehead atoms. The number of ether oxygens (including phenoxy) is 1. The van der Waals surface area contributed by atoms with E-state index in [4.69, 9.17) is 9.84 Å². The topological polar surface area (TPSA) is 78.8 Å². The van der Waals surface area contributed by atoms with Gasteiger partial charge in [0.15, 0.2) is 0 Å². The quantitative estimate of drug-likeness (QED) is 0.783. The van der Waals surface area contributed by atoms with Crippen molar-refractivity contribution >= 4 is 11.9 Å². The molecule has 1 N–H and O–H groups in total. The van der Waals surface area contributed by atoms with Gasteiger partial charge in [-0.05, 0) is 19.4 Å². The van der Waals surface area contributed by atoms with E-state index in [2.05, 4.69) is 21.9 Å². The highest BCUT2D eigenvalue weighted by Crippen LogP contribution is 2.14. The number of aliphatic carboxylic acids is 1. The van der Waals surface area contributed by atoms with Crippen molar-refractivity contribution in [1.82, 2.24) is 14.9 Å². The molecule has 1 fully saturated rings. The molecule has 1 saturated heterocycles. The molecule has 1 aliphatic rings. The van der Waals surface area contributed by atoms with Crippen LogP contribution < -0.4 is 4.90 Å². The predicted octanol–water partition coefficient (Wildman–Crippen LogP) is 0.466. The molecule has 1 aromatic heterocycles. The van der Waals surface area contributed by atoms with Crippen LogP contribution in [-0.2, 0) is 16.1 Å². The van der Waals surface area contributed by atoms with Crippen LogP contribution in [0.2, 0.25) is 0 Å². The Labute approximate surface area is 124 Å². The minimum absolute atomic E-state index is 0.110. The first-order valence-corrected chi connectivity index (χ1v) is 7.04. The zero-order chi connectivity index (χ0) is 15.2. The normalized spacial score (nSPS) is 18.1. The molecule has 21 heavy (non-hydrogen) atoms. The summed E-state index contributed by atoms with van der Waals surface area (Å²) in [7, 11) is 3.73. The first-order chi connectivity index (χ1) is 10.0. The molecular formula is C14H22N4O3. The molecule has 1 atom stereocenters. The molecule has 7 heteroatoms. The molecule has 0 aliphatic carbocycles. The highest BCUT2D eigenvalue weighted by atomic mass is 16.5. The lowest BCUT2D eigenvalue weighted by Crippen LogP contribution is -2.27. The van der Waals surface area contributed by atoms with Gasteiger partial charge in [-0.15, -0.1) is 0 Å². The summed E-state index contributed by atoms with van der Waals surface area (Å²) in [6.07, 6.45) is 4.63. The van der Waals surface area contributed by atoms with E-state index in [9.17, 15) is 4.79 Å². The predicted molar refractivity (Wildman–Crippen MR) is 78.2 cm³/mol. The summed E-state index contributed by atoms with van der Waals surface area (Å²) in [5.74, 6) is 0.133. The fraction of sp³-hybridized carbons (Fsp3) is 0.643. The van der Waals surface area contributed by atoms with Crippen LogP contribution in [0.25, 0.3) is 0 Å². The second-order valence-corrected chi connectivity index (χ2v) is 5.57. The second-order valence-electron chi connectivity index (χ2n) is 5.57. The standard InChI is InChI=1S/C14H22N4O3/c1-17(7-11-3-4-21-10-11)8-12-5-15-14(16-6-12)18(2)9-13(19)20/h5-6,11H,3-4,7-10H2,1-2H3,(H,19,20)/t11-/m1/s1. The van der Waals surface area contributed by atoms with Crippen LogP contribution in [-0.4, -0.2) is 66.3 Å². The van der Waals surface area contributed by atoms with E-state index < -0.39 is 5.97 Å². The Morgan fingerprint density at radius 1 is 1.43 bits per heavy atom. The molecule has 116 valence electrons. The van der Waals surface area contributed by atoms with Crippen LogP contribution in [0.15, 0.2) is 12.4 Å². The number of aromatic nitrogens is 2. The number of carboxylic acid groups (broad SMARTS) is 1. The molecular weight excluding hydrogens is 272 g/mol.